The number of aliphatic hydroxyl groups is 2. The lowest BCUT2D eigenvalue weighted by Gasteiger charge is -2.22. The van der Waals surface area contributed by atoms with Gasteiger partial charge in [0, 0.05) is 12.1 Å². The number of carboxylic acid groups (broad SMARTS) is 1. The molecule has 0 unspecified atom stereocenters. The smallest absolute Gasteiger partial charge is 0.322 e. The second-order valence-electron chi connectivity index (χ2n) is 2.85. The van der Waals surface area contributed by atoms with Gasteiger partial charge in [-0.15, -0.1) is 0 Å². The summed E-state index contributed by atoms with van der Waals surface area (Å²) >= 11 is 0. The number of rotatable bonds is 3. The zero-order valence-corrected chi connectivity index (χ0v) is 6.90. The summed E-state index contributed by atoms with van der Waals surface area (Å²) in [4.78, 5) is 10.2. The minimum absolute atomic E-state index is 0.0171. The third kappa shape index (κ3) is 3.27. The normalized spacial score (nSPS) is 19.4. The first-order valence-electron chi connectivity index (χ1n) is 3.78. The molecule has 13 heavy (non-hydrogen) atoms. The van der Waals surface area contributed by atoms with Crippen LogP contribution in [0.2, 0.25) is 0 Å². The van der Waals surface area contributed by atoms with E-state index in [4.69, 9.17) is 15.3 Å². The predicted octanol–water partition coefficient (Wildman–Crippen LogP) is -0.815. The molecular formula is C8H11NO4. The molecule has 5 nitrogen and oxygen atoms in total. The molecule has 0 atom stereocenters. The van der Waals surface area contributed by atoms with E-state index in [1.807, 2.05) is 0 Å². The van der Waals surface area contributed by atoms with Gasteiger partial charge in [0.25, 0.3) is 0 Å². The fourth-order valence-corrected chi connectivity index (χ4v) is 1.03. The summed E-state index contributed by atoms with van der Waals surface area (Å²) in [5.74, 6) is -2.85. The van der Waals surface area contributed by atoms with E-state index in [9.17, 15) is 4.79 Å². The summed E-state index contributed by atoms with van der Waals surface area (Å²) in [6, 6.07) is 0. The van der Waals surface area contributed by atoms with Crippen molar-refractivity contribution in [3.05, 3.63) is 23.9 Å². The van der Waals surface area contributed by atoms with Gasteiger partial charge in [-0.1, -0.05) is 6.08 Å². The van der Waals surface area contributed by atoms with Gasteiger partial charge in [-0.25, -0.2) is 0 Å². The number of hydrogen-bond acceptors (Lipinski definition) is 4. The molecule has 0 spiro atoms. The minimum atomic E-state index is -1.87. The molecule has 1 rings (SSSR count). The standard InChI is InChI=1S/C8H11NO4/c10-7(11)5-9-6-2-1-3-8(12,13)4-6/h1-3,9,12-13H,4-5H2,(H,10,11). The van der Waals surface area contributed by atoms with Crippen molar-refractivity contribution >= 4 is 5.97 Å². The third-order valence-corrected chi connectivity index (χ3v) is 1.58. The van der Waals surface area contributed by atoms with Crippen LogP contribution in [0.3, 0.4) is 0 Å². The topological polar surface area (TPSA) is 89.8 Å². The van der Waals surface area contributed by atoms with Crippen LogP contribution in [0.4, 0.5) is 0 Å². The largest absolute Gasteiger partial charge is 0.480 e. The van der Waals surface area contributed by atoms with Crippen LogP contribution < -0.4 is 5.32 Å². The van der Waals surface area contributed by atoms with E-state index in [-0.39, 0.29) is 13.0 Å². The van der Waals surface area contributed by atoms with Crippen LogP contribution in [0.15, 0.2) is 23.9 Å². The van der Waals surface area contributed by atoms with Crippen LogP contribution in [0.5, 0.6) is 0 Å². The van der Waals surface area contributed by atoms with Gasteiger partial charge in [-0.3, -0.25) is 4.79 Å². The van der Waals surface area contributed by atoms with Crippen LogP contribution in [-0.4, -0.2) is 33.6 Å². The highest BCUT2D eigenvalue weighted by atomic mass is 16.5. The van der Waals surface area contributed by atoms with Gasteiger partial charge in [0.2, 0.25) is 0 Å². The first kappa shape index (κ1) is 9.76. The molecule has 1 aliphatic carbocycles. The Morgan fingerprint density at radius 1 is 1.62 bits per heavy atom. The van der Waals surface area contributed by atoms with Gasteiger partial charge < -0.3 is 20.6 Å². The van der Waals surface area contributed by atoms with Crippen molar-refractivity contribution in [3.8, 4) is 0 Å². The van der Waals surface area contributed by atoms with Crippen molar-refractivity contribution in [1.29, 1.82) is 0 Å². The summed E-state index contributed by atoms with van der Waals surface area (Å²) in [6.07, 6.45) is 4.29. The average molecular weight is 185 g/mol. The van der Waals surface area contributed by atoms with Gasteiger partial charge >= 0.3 is 5.97 Å². The van der Waals surface area contributed by atoms with Crippen LogP contribution in [0.1, 0.15) is 6.42 Å². The van der Waals surface area contributed by atoms with Crippen molar-refractivity contribution in [1.82, 2.24) is 5.32 Å². The number of carboxylic acids is 1. The second-order valence-corrected chi connectivity index (χ2v) is 2.85. The Hall–Kier alpha value is -1.33. The summed E-state index contributed by atoms with van der Waals surface area (Å²) < 4.78 is 0. The highest BCUT2D eigenvalue weighted by Gasteiger charge is 2.23. The molecule has 0 radical (unpaired) electrons. The van der Waals surface area contributed by atoms with Gasteiger partial charge in [0.05, 0.1) is 0 Å². The zero-order valence-electron chi connectivity index (χ0n) is 6.90. The molecule has 0 saturated carbocycles. The number of nitrogens with one attached hydrogen (secondary N) is 1. The Labute approximate surface area is 75.0 Å². The molecule has 5 heteroatoms. The van der Waals surface area contributed by atoms with Crippen LogP contribution in [0.25, 0.3) is 0 Å². The van der Waals surface area contributed by atoms with E-state index in [1.165, 1.54) is 12.2 Å². The van der Waals surface area contributed by atoms with Crippen molar-refractivity contribution in [2.24, 2.45) is 0 Å². The zero-order chi connectivity index (χ0) is 9.90. The van der Waals surface area contributed by atoms with Crippen LogP contribution in [-0.2, 0) is 4.79 Å². The molecule has 0 fully saturated rings. The minimum Gasteiger partial charge on any atom is -0.480 e. The van der Waals surface area contributed by atoms with Gasteiger partial charge in [0.15, 0.2) is 5.79 Å². The van der Waals surface area contributed by atoms with Crippen molar-refractivity contribution in [2.45, 2.75) is 12.2 Å². The molecule has 0 heterocycles. The van der Waals surface area contributed by atoms with Crippen molar-refractivity contribution in [3.63, 3.8) is 0 Å². The Morgan fingerprint density at radius 3 is 2.85 bits per heavy atom. The summed E-state index contributed by atoms with van der Waals surface area (Å²) in [7, 11) is 0. The molecule has 4 N–H and O–H groups in total. The molecule has 1 aliphatic rings. The number of allylic oxidation sites excluding steroid dienone is 2. The van der Waals surface area contributed by atoms with Crippen molar-refractivity contribution < 1.29 is 20.1 Å². The summed E-state index contributed by atoms with van der Waals surface area (Å²) in [5.41, 5.74) is 0.495. The van der Waals surface area contributed by atoms with Gasteiger partial charge in [0.1, 0.15) is 6.54 Å². The van der Waals surface area contributed by atoms with Crippen LogP contribution in [0, 0.1) is 0 Å². The quantitative estimate of drug-likeness (QED) is 0.431. The maximum absolute atomic E-state index is 10.2. The number of aliphatic carboxylic acids is 1. The molecule has 0 aromatic carbocycles. The lowest BCUT2D eigenvalue weighted by atomic mass is 10.1. The van der Waals surface area contributed by atoms with E-state index >= 15 is 0 Å². The lowest BCUT2D eigenvalue weighted by molar-refractivity contribution is -0.136. The maximum atomic E-state index is 10.2. The molecule has 0 saturated heterocycles. The molecule has 0 aliphatic heterocycles. The molecule has 0 aromatic heterocycles. The summed E-state index contributed by atoms with van der Waals surface area (Å²) in [6.45, 7) is -0.226. The molecule has 0 aromatic rings. The molecular weight excluding hydrogens is 174 g/mol. The van der Waals surface area contributed by atoms with Crippen LogP contribution >= 0.6 is 0 Å². The Morgan fingerprint density at radius 2 is 2.31 bits per heavy atom. The Bertz CT molecular complexity index is 267. The predicted molar refractivity (Wildman–Crippen MR) is 44.6 cm³/mol. The maximum Gasteiger partial charge on any atom is 0.322 e. The van der Waals surface area contributed by atoms with E-state index in [0.29, 0.717) is 5.70 Å². The van der Waals surface area contributed by atoms with E-state index in [1.54, 1.807) is 6.08 Å². The van der Waals surface area contributed by atoms with E-state index in [2.05, 4.69) is 5.32 Å². The molecule has 72 valence electrons. The second kappa shape index (κ2) is 3.59. The highest BCUT2D eigenvalue weighted by Crippen LogP contribution is 2.17. The van der Waals surface area contributed by atoms with Crippen molar-refractivity contribution in [2.75, 3.05) is 6.54 Å². The fraction of sp³-hybridized carbons (Fsp3) is 0.375. The average Bonchev–Trinajstić information content (AvgIpc) is 1.99. The SMILES string of the molecule is O=C(O)CNC1=CC=CC(O)(O)C1. The highest BCUT2D eigenvalue weighted by molar-refractivity contribution is 5.69. The Balaban J connectivity index is 2.48. The fourth-order valence-electron chi connectivity index (χ4n) is 1.03. The Kier molecular flexibility index (Phi) is 2.69. The number of carbonyl (C=O) groups is 1. The third-order valence-electron chi connectivity index (χ3n) is 1.58. The van der Waals surface area contributed by atoms with Gasteiger partial charge in [-0.05, 0) is 12.2 Å². The lowest BCUT2D eigenvalue weighted by Crippen LogP contribution is -2.32. The molecule has 0 amide bonds. The first-order valence-corrected chi connectivity index (χ1v) is 3.78. The number of hydrogen-bond donors (Lipinski definition) is 4. The first-order chi connectivity index (χ1) is 5.99. The van der Waals surface area contributed by atoms with Gasteiger partial charge in [-0.2, -0.15) is 0 Å². The monoisotopic (exact) mass is 185 g/mol. The van der Waals surface area contributed by atoms with E-state index in [0.717, 1.165) is 0 Å². The van der Waals surface area contributed by atoms with E-state index < -0.39 is 11.8 Å². The summed E-state index contributed by atoms with van der Waals surface area (Å²) in [5, 5.41) is 29.2. The molecule has 0 bridgehead atoms.